The van der Waals surface area contributed by atoms with Gasteiger partial charge in [-0.1, -0.05) is 12.1 Å². The van der Waals surface area contributed by atoms with Crippen LogP contribution in [-0.4, -0.2) is 52.0 Å². The second-order valence-electron chi connectivity index (χ2n) is 6.71. The summed E-state index contributed by atoms with van der Waals surface area (Å²) in [6, 6.07) is 11.3. The van der Waals surface area contributed by atoms with E-state index in [4.69, 9.17) is 0 Å². The van der Waals surface area contributed by atoms with Crippen molar-refractivity contribution < 1.29 is 9.90 Å². The Morgan fingerprint density at radius 2 is 1.76 bits per heavy atom. The largest absolute Gasteiger partial charge is 0.508 e. The van der Waals surface area contributed by atoms with Gasteiger partial charge in [-0.05, 0) is 48.2 Å². The Bertz CT molecular complexity index is 680. The highest BCUT2D eigenvalue weighted by molar-refractivity contribution is 5.78. The van der Waals surface area contributed by atoms with E-state index in [0.29, 0.717) is 12.5 Å². The van der Waals surface area contributed by atoms with E-state index >= 15 is 0 Å². The number of amides is 1. The normalized spacial score (nSPS) is 15.9. The smallest absolute Gasteiger partial charge is 0.226 e. The van der Waals surface area contributed by atoms with Crippen molar-refractivity contribution in [2.45, 2.75) is 31.8 Å². The number of phenols is 1. The quantitative estimate of drug-likeness (QED) is 0.909. The monoisotopic (exact) mass is 339 g/mol. The maximum absolute atomic E-state index is 12.5. The van der Waals surface area contributed by atoms with E-state index in [9.17, 15) is 9.90 Å². The number of likely N-dealkylation sites (tertiary alicyclic amines) is 1. The predicted molar refractivity (Wildman–Crippen MR) is 97.1 cm³/mol. The van der Waals surface area contributed by atoms with Gasteiger partial charge in [-0.3, -0.25) is 14.7 Å². The topological polar surface area (TPSA) is 56.7 Å². The number of carbonyl (C=O) groups excluding carboxylic acids is 1. The number of hydrogen-bond acceptors (Lipinski definition) is 4. The molecule has 1 N–H and O–H groups in total. The van der Waals surface area contributed by atoms with Crippen molar-refractivity contribution in [1.29, 1.82) is 0 Å². The molecule has 1 aromatic carbocycles. The van der Waals surface area contributed by atoms with Gasteiger partial charge in [-0.25, -0.2) is 0 Å². The number of pyridine rings is 1. The van der Waals surface area contributed by atoms with Gasteiger partial charge in [-0.15, -0.1) is 0 Å². The standard InChI is InChI=1S/C20H25N3O2/c1-22(20(25)14-16-2-4-19(24)5-3-16)18-8-12-23(13-9-18)15-17-6-10-21-11-7-17/h2-7,10-11,18,24H,8-9,12-15H2,1H3. The molecular formula is C20H25N3O2. The lowest BCUT2D eigenvalue weighted by Crippen LogP contribution is -2.45. The van der Waals surface area contributed by atoms with Crippen LogP contribution in [0.3, 0.4) is 0 Å². The SMILES string of the molecule is CN(C(=O)Cc1ccc(O)cc1)C1CCN(Cc2ccncc2)CC1. The van der Waals surface area contributed by atoms with Crippen molar-refractivity contribution >= 4 is 5.91 Å². The first-order valence-corrected chi connectivity index (χ1v) is 8.76. The first kappa shape index (κ1) is 17.4. The van der Waals surface area contributed by atoms with Crippen molar-refractivity contribution in [3.05, 3.63) is 59.9 Å². The molecule has 132 valence electrons. The van der Waals surface area contributed by atoms with Gasteiger partial charge in [-0.2, -0.15) is 0 Å². The van der Waals surface area contributed by atoms with E-state index in [1.807, 2.05) is 24.3 Å². The second-order valence-corrected chi connectivity index (χ2v) is 6.71. The molecule has 1 fully saturated rings. The van der Waals surface area contributed by atoms with Crippen molar-refractivity contribution in [1.82, 2.24) is 14.8 Å². The van der Waals surface area contributed by atoms with Crippen LogP contribution in [0.25, 0.3) is 0 Å². The van der Waals surface area contributed by atoms with E-state index < -0.39 is 0 Å². The Labute approximate surface area is 148 Å². The summed E-state index contributed by atoms with van der Waals surface area (Å²) in [5.74, 6) is 0.365. The Kier molecular flexibility index (Phi) is 5.66. The van der Waals surface area contributed by atoms with Crippen LogP contribution in [0.2, 0.25) is 0 Å². The maximum Gasteiger partial charge on any atom is 0.226 e. The fourth-order valence-electron chi connectivity index (χ4n) is 3.33. The minimum Gasteiger partial charge on any atom is -0.508 e. The van der Waals surface area contributed by atoms with Crippen LogP contribution >= 0.6 is 0 Å². The maximum atomic E-state index is 12.5. The molecular weight excluding hydrogens is 314 g/mol. The minimum atomic E-state index is 0.137. The number of aromatic nitrogens is 1. The third-order valence-electron chi connectivity index (χ3n) is 4.95. The second kappa shape index (κ2) is 8.12. The van der Waals surface area contributed by atoms with Gasteiger partial charge in [0.05, 0.1) is 6.42 Å². The number of phenolic OH excluding ortho intramolecular Hbond substituents is 1. The summed E-state index contributed by atoms with van der Waals surface area (Å²) in [5.41, 5.74) is 2.22. The number of piperidine rings is 1. The zero-order valence-electron chi connectivity index (χ0n) is 14.6. The minimum absolute atomic E-state index is 0.137. The highest BCUT2D eigenvalue weighted by atomic mass is 16.3. The summed E-state index contributed by atoms with van der Waals surface area (Å²) >= 11 is 0. The average molecular weight is 339 g/mol. The zero-order chi connectivity index (χ0) is 17.6. The fraction of sp³-hybridized carbons (Fsp3) is 0.400. The molecule has 1 aliphatic heterocycles. The lowest BCUT2D eigenvalue weighted by molar-refractivity contribution is -0.132. The lowest BCUT2D eigenvalue weighted by Gasteiger charge is -2.36. The molecule has 5 nitrogen and oxygen atoms in total. The van der Waals surface area contributed by atoms with Crippen LogP contribution in [0, 0.1) is 0 Å². The van der Waals surface area contributed by atoms with Gasteiger partial charge < -0.3 is 10.0 Å². The van der Waals surface area contributed by atoms with Gasteiger partial charge in [0, 0.05) is 45.1 Å². The molecule has 2 heterocycles. The van der Waals surface area contributed by atoms with Gasteiger partial charge in [0.1, 0.15) is 5.75 Å². The van der Waals surface area contributed by atoms with Gasteiger partial charge in [0.2, 0.25) is 5.91 Å². The van der Waals surface area contributed by atoms with Gasteiger partial charge in [0.15, 0.2) is 0 Å². The average Bonchev–Trinajstić information content (AvgIpc) is 2.64. The van der Waals surface area contributed by atoms with Gasteiger partial charge in [0.25, 0.3) is 0 Å². The Hall–Kier alpha value is -2.40. The Morgan fingerprint density at radius 3 is 2.40 bits per heavy atom. The molecule has 5 heteroatoms. The molecule has 3 rings (SSSR count). The molecule has 0 spiro atoms. The highest BCUT2D eigenvalue weighted by Gasteiger charge is 2.25. The zero-order valence-corrected chi connectivity index (χ0v) is 14.6. The number of likely N-dealkylation sites (N-methyl/N-ethyl adjacent to an activating group) is 1. The highest BCUT2D eigenvalue weighted by Crippen LogP contribution is 2.19. The Balaban J connectivity index is 1.48. The van der Waals surface area contributed by atoms with E-state index in [1.54, 1.807) is 24.3 Å². The van der Waals surface area contributed by atoms with Crippen LogP contribution in [0.15, 0.2) is 48.8 Å². The molecule has 1 aromatic heterocycles. The number of hydrogen-bond donors (Lipinski definition) is 1. The molecule has 2 aromatic rings. The van der Waals surface area contributed by atoms with Crippen molar-refractivity contribution in [3.8, 4) is 5.75 Å². The Morgan fingerprint density at radius 1 is 1.12 bits per heavy atom. The summed E-state index contributed by atoms with van der Waals surface area (Å²) < 4.78 is 0. The number of carbonyl (C=O) groups is 1. The first-order valence-electron chi connectivity index (χ1n) is 8.76. The van der Waals surface area contributed by atoms with Crippen LogP contribution in [0.1, 0.15) is 24.0 Å². The van der Waals surface area contributed by atoms with Crippen LogP contribution in [0.4, 0.5) is 0 Å². The summed E-state index contributed by atoms with van der Waals surface area (Å²) in [6.07, 6.45) is 6.05. The molecule has 0 atom stereocenters. The molecule has 0 aliphatic carbocycles. The third-order valence-corrected chi connectivity index (χ3v) is 4.95. The fourth-order valence-corrected chi connectivity index (χ4v) is 3.33. The number of nitrogens with zero attached hydrogens (tertiary/aromatic N) is 3. The van der Waals surface area contributed by atoms with E-state index in [0.717, 1.165) is 38.0 Å². The van der Waals surface area contributed by atoms with Crippen molar-refractivity contribution in [2.24, 2.45) is 0 Å². The van der Waals surface area contributed by atoms with E-state index in [1.165, 1.54) is 5.56 Å². The molecule has 0 bridgehead atoms. The third kappa shape index (κ3) is 4.79. The number of rotatable bonds is 5. The van der Waals surface area contributed by atoms with Crippen LogP contribution in [0.5, 0.6) is 5.75 Å². The molecule has 0 saturated carbocycles. The summed E-state index contributed by atoms with van der Waals surface area (Å²) in [6.45, 7) is 2.95. The predicted octanol–water partition coefficient (Wildman–Crippen LogP) is 2.45. The van der Waals surface area contributed by atoms with E-state index in [-0.39, 0.29) is 11.7 Å². The summed E-state index contributed by atoms with van der Waals surface area (Å²) in [7, 11) is 1.91. The molecule has 0 unspecified atom stereocenters. The summed E-state index contributed by atoms with van der Waals surface area (Å²) in [4.78, 5) is 20.9. The molecule has 1 aliphatic rings. The van der Waals surface area contributed by atoms with Crippen molar-refractivity contribution in [3.63, 3.8) is 0 Å². The number of aromatic hydroxyl groups is 1. The van der Waals surface area contributed by atoms with E-state index in [2.05, 4.69) is 22.0 Å². The molecule has 0 radical (unpaired) electrons. The van der Waals surface area contributed by atoms with Crippen LogP contribution < -0.4 is 0 Å². The summed E-state index contributed by atoms with van der Waals surface area (Å²) in [5, 5.41) is 9.33. The lowest BCUT2D eigenvalue weighted by atomic mass is 10.0. The molecule has 25 heavy (non-hydrogen) atoms. The van der Waals surface area contributed by atoms with Crippen molar-refractivity contribution in [2.75, 3.05) is 20.1 Å². The first-order chi connectivity index (χ1) is 12.1. The molecule has 1 saturated heterocycles. The van der Waals surface area contributed by atoms with Crippen LogP contribution in [-0.2, 0) is 17.8 Å². The molecule has 1 amide bonds. The van der Waals surface area contributed by atoms with Gasteiger partial charge >= 0.3 is 0 Å². The number of benzene rings is 1.